The van der Waals surface area contributed by atoms with Crippen molar-refractivity contribution in [1.29, 1.82) is 0 Å². The molecule has 1 N–H and O–H groups in total. The summed E-state index contributed by atoms with van der Waals surface area (Å²) in [6, 6.07) is 7.63. The minimum Gasteiger partial charge on any atom is -0.495 e. The van der Waals surface area contributed by atoms with Crippen molar-refractivity contribution >= 4 is 28.8 Å². The van der Waals surface area contributed by atoms with Gasteiger partial charge in [0.25, 0.3) is 0 Å². The Kier molecular flexibility index (Phi) is 7.25. The second-order valence-corrected chi connectivity index (χ2v) is 8.86. The molecule has 1 saturated carbocycles. The largest absolute Gasteiger partial charge is 0.495 e. The SMILES string of the molecule is COc1ccccc1N(C(=O)C(F)(F)F)C(C(=O)NC1CCCCC1)c1ccc(C)s1. The maximum atomic E-state index is 13.7. The zero-order chi connectivity index (χ0) is 22.6. The van der Waals surface area contributed by atoms with Crippen molar-refractivity contribution in [2.24, 2.45) is 0 Å². The van der Waals surface area contributed by atoms with E-state index >= 15 is 0 Å². The number of benzene rings is 1. The molecule has 1 atom stereocenters. The first-order valence-electron chi connectivity index (χ1n) is 10.1. The van der Waals surface area contributed by atoms with E-state index in [2.05, 4.69) is 5.32 Å². The average molecular weight is 455 g/mol. The second-order valence-electron chi connectivity index (χ2n) is 7.54. The molecule has 0 saturated heterocycles. The number of nitrogens with zero attached hydrogens (tertiary/aromatic N) is 1. The van der Waals surface area contributed by atoms with E-state index in [-0.39, 0.29) is 17.5 Å². The van der Waals surface area contributed by atoms with Gasteiger partial charge >= 0.3 is 12.1 Å². The molecule has 2 amide bonds. The van der Waals surface area contributed by atoms with Crippen molar-refractivity contribution in [3.05, 3.63) is 46.2 Å². The minimum absolute atomic E-state index is 0.0730. The van der Waals surface area contributed by atoms with Gasteiger partial charge in [0.05, 0.1) is 12.8 Å². The Morgan fingerprint density at radius 1 is 1.13 bits per heavy atom. The first-order chi connectivity index (χ1) is 14.7. The zero-order valence-electron chi connectivity index (χ0n) is 17.4. The van der Waals surface area contributed by atoms with Crippen molar-refractivity contribution in [2.75, 3.05) is 12.0 Å². The van der Waals surface area contributed by atoms with Crippen LogP contribution in [0.5, 0.6) is 5.75 Å². The zero-order valence-corrected chi connectivity index (χ0v) is 18.2. The molecule has 1 aliphatic rings. The summed E-state index contributed by atoms with van der Waals surface area (Å²) in [4.78, 5) is 27.7. The highest BCUT2D eigenvalue weighted by atomic mass is 32.1. The predicted octanol–water partition coefficient (Wildman–Crippen LogP) is 5.15. The van der Waals surface area contributed by atoms with E-state index in [9.17, 15) is 22.8 Å². The first-order valence-corrected chi connectivity index (χ1v) is 10.9. The summed E-state index contributed by atoms with van der Waals surface area (Å²) in [7, 11) is 1.31. The Hall–Kier alpha value is -2.55. The molecule has 5 nitrogen and oxygen atoms in total. The number of ether oxygens (including phenoxy) is 1. The van der Waals surface area contributed by atoms with Gasteiger partial charge in [-0.25, -0.2) is 0 Å². The minimum atomic E-state index is -5.17. The van der Waals surface area contributed by atoms with Gasteiger partial charge in [-0.1, -0.05) is 31.4 Å². The fraction of sp³-hybridized carbons (Fsp3) is 0.455. The number of amides is 2. The summed E-state index contributed by atoms with van der Waals surface area (Å²) in [5, 5.41) is 2.89. The lowest BCUT2D eigenvalue weighted by molar-refractivity contribution is -0.171. The third-order valence-electron chi connectivity index (χ3n) is 5.29. The lowest BCUT2D eigenvalue weighted by Crippen LogP contribution is -2.50. The predicted molar refractivity (Wildman–Crippen MR) is 113 cm³/mol. The van der Waals surface area contributed by atoms with Gasteiger partial charge in [-0.2, -0.15) is 13.2 Å². The molecule has 2 aromatic rings. The maximum Gasteiger partial charge on any atom is 0.471 e. The number of methoxy groups -OCH3 is 1. The van der Waals surface area contributed by atoms with Crippen LogP contribution in [0.2, 0.25) is 0 Å². The Labute approximate surface area is 183 Å². The highest BCUT2D eigenvalue weighted by molar-refractivity contribution is 7.12. The second kappa shape index (κ2) is 9.72. The van der Waals surface area contributed by atoms with Crippen LogP contribution < -0.4 is 15.0 Å². The Morgan fingerprint density at radius 2 is 1.81 bits per heavy atom. The molecule has 9 heteroatoms. The summed E-state index contributed by atoms with van der Waals surface area (Å²) in [6.07, 6.45) is -0.666. The van der Waals surface area contributed by atoms with Crippen molar-refractivity contribution in [3.63, 3.8) is 0 Å². The van der Waals surface area contributed by atoms with Gasteiger partial charge in [0.2, 0.25) is 5.91 Å². The topological polar surface area (TPSA) is 58.6 Å². The molecule has 0 spiro atoms. The van der Waals surface area contributed by atoms with E-state index in [0.717, 1.165) is 37.0 Å². The van der Waals surface area contributed by atoms with Crippen molar-refractivity contribution in [3.8, 4) is 5.75 Å². The Bertz CT molecular complexity index is 923. The summed E-state index contributed by atoms with van der Waals surface area (Å²) in [6.45, 7) is 1.79. The molecular formula is C22H25F3N2O3S. The number of carbonyl (C=O) groups excluding carboxylic acids is 2. The number of halogens is 3. The molecule has 1 aromatic heterocycles. The molecule has 3 rings (SSSR count). The molecule has 0 bridgehead atoms. The third kappa shape index (κ3) is 5.39. The van der Waals surface area contributed by atoms with Crippen LogP contribution in [-0.4, -0.2) is 31.1 Å². The van der Waals surface area contributed by atoms with Gasteiger partial charge in [0.15, 0.2) is 6.04 Å². The molecule has 1 aromatic carbocycles. The standard InChI is InChI=1S/C22H25F3N2O3S/c1-14-12-13-18(31-14)19(20(28)26-15-8-4-3-5-9-15)27(21(29)22(23,24)25)16-10-6-7-11-17(16)30-2/h6-7,10-13,15,19H,3-5,8-9H2,1-2H3,(H,26,28). The van der Waals surface area contributed by atoms with E-state index < -0.39 is 24.0 Å². The number of hydrogen-bond acceptors (Lipinski definition) is 4. The fourth-order valence-corrected chi connectivity index (χ4v) is 4.80. The monoisotopic (exact) mass is 454 g/mol. The number of rotatable bonds is 6. The van der Waals surface area contributed by atoms with Gasteiger partial charge in [0, 0.05) is 15.8 Å². The Balaban J connectivity index is 2.10. The lowest BCUT2D eigenvalue weighted by atomic mass is 9.95. The molecule has 0 radical (unpaired) electrons. The smallest absolute Gasteiger partial charge is 0.471 e. The van der Waals surface area contributed by atoms with Crippen LogP contribution in [0.3, 0.4) is 0 Å². The highest BCUT2D eigenvalue weighted by Crippen LogP contribution is 2.39. The molecule has 31 heavy (non-hydrogen) atoms. The molecule has 1 heterocycles. The maximum absolute atomic E-state index is 13.7. The van der Waals surface area contributed by atoms with E-state index in [1.54, 1.807) is 25.1 Å². The number of thiophene rings is 1. The first kappa shape index (κ1) is 23.1. The number of carbonyl (C=O) groups is 2. The van der Waals surface area contributed by atoms with Gasteiger partial charge in [-0.15, -0.1) is 11.3 Å². The molecule has 1 fully saturated rings. The van der Waals surface area contributed by atoms with Crippen LogP contribution in [0.15, 0.2) is 36.4 Å². The van der Waals surface area contributed by atoms with E-state index in [0.29, 0.717) is 9.78 Å². The normalized spacial score (nSPS) is 15.9. The number of anilines is 1. The van der Waals surface area contributed by atoms with E-state index in [1.807, 2.05) is 0 Å². The average Bonchev–Trinajstić information content (AvgIpc) is 3.17. The quantitative estimate of drug-likeness (QED) is 0.657. The molecule has 1 unspecified atom stereocenters. The molecule has 168 valence electrons. The van der Waals surface area contributed by atoms with Gasteiger partial charge in [-0.3, -0.25) is 14.5 Å². The molecule has 1 aliphatic carbocycles. The highest BCUT2D eigenvalue weighted by Gasteiger charge is 2.48. The van der Waals surface area contributed by atoms with Crippen LogP contribution in [0, 0.1) is 6.92 Å². The fourth-order valence-electron chi connectivity index (χ4n) is 3.83. The lowest BCUT2D eigenvalue weighted by Gasteiger charge is -2.33. The van der Waals surface area contributed by atoms with Gasteiger partial charge in [-0.05, 0) is 44.0 Å². The summed E-state index contributed by atoms with van der Waals surface area (Å²) in [5.74, 6) is -2.67. The van der Waals surface area contributed by atoms with Crippen molar-refractivity contribution < 1.29 is 27.5 Å². The number of aryl methyl sites for hydroxylation is 1. The van der Waals surface area contributed by atoms with Crippen molar-refractivity contribution in [1.82, 2.24) is 5.32 Å². The summed E-state index contributed by atoms with van der Waals surface area (Å²) >= 11 is 1.19. The van der Waals surface area contributed by atoms with Crippen LogP contribution in [0.25, 0.3) is 0 Å². The van der Waals surface area contributed by atoms with E-state index in [4.69, 9.17) is 4.74 Å². The number of alkyl halides is 3. The molecular weight excluding hydrogens is 429 g/mol. The number of para-hydroxylation sites is 2. The third-order valence-corrected chi connectivity index (χ3v) is 6.35. The van der Waals surface area contributed by atoms with Crippen LogP contribution in [0.4, 0.5) is 18.9 Å². The van der Waals surface area contributed by atoms with Crippen LogP contribution >= 0.6 is 11.3 Å². The van der Waals surface area contributed by atoms with Gasteiger partial charge < -0.3 is 10.1 Å². The summed E-state index contributed by atoms with van der Waals surface area (Å²) in [5.41, 5.74) is -0.109. The van der Waals surface area contributed by atoms with Gasteiger partial charge in [0.1, 0.15) is 5.75 Å². The summed E-state index contributed by atoms with van der Waals surface area (Å²) < 4.78 is 46.2. The number of nitrogens with one attached hydrogen (secondary N) is 1. The number of hydrogen-bond donors (Lipinski definition) is 1. The Morgan fingerprint density at radius 3 is 2.39 bits per heavy atom. The molecule has 0 aliphatic heterocycles. The van der Waals surface area contributed by atoms with Crippen LogP contribution in [-0.2, 0) is 9.59 Å². The van der Waals surface area contributed by atoms with Crippen LogP contribution in [0.1, 0.15) is 47.9 Å². The van der Waals surface area contributed by atoms with Crippen molar-refractivity contribution in [2.45, 2.75) is 57.3 Å². The van der Waals surface area contributed by atoms with E-state index in [1.165, 1.54) is 36.6 Å².